The quantitative estimate of drug-likeness (QED) is 0.775. The molecule has 0 aliphatic carbocycles. The Bertz CT molecular complexity index is 454. The molecule has 0 unspecified atom stereocenters. The first-order valence-corrected chi connectivity index (χ1v) is 8.49. The number of aryl methyl sites for hydroxylation is 1. The van der Waals surface area contributed by atoms with Crippen LogP contribution in [0.5, 0.6) is 0 Å². The third-order valence-electron chi connectivity index (χ3n) is 4.19. The van der Waals surface area contributed by atoms with Crippen molar-refractivity contribution in [2.24, 2.45) is 5.41 Å². The highest BCUT2D eigenvalue weighted by Crippen LogP contribution is 2.32. The fourth-order valence-corrected chi connectivity index (χ4v) is 3.00. The molecular formula is C18H31N3. The van der Waals surface area contributed by atoms with Gasteiger partial charge in [-0.25, -0.2) is 4.98 Å². The molecule has 3 heteroatoms. The lowest BCUT2D eigenvalue weighted by atomic mass is 9.93. The van der Waals surface area contributed by atoms with E-state index in [2.05, 4.69) is 50.0 Å². The summed E-state index contributed by atoms with van der Waals surface area (Å²) >= 11 is 0. The topological polar surface area (TPSA) is 28.2 Å². The molecule has 3 nitrogen and oxygen atoms in total. The Balaban J connectivity index is 2.15. The molecule has 2 rings (SSSR count). The van der Waals surface area contributed by atoms with Crippen LogP contribution in [0.1, 0.15) is 58.2 Å². The van der Waals surface area contributed by atoms with Crippen LogP contribution in [0.25, 0.3) is 0 Å². The van der Waals surface area contributed by atoms with E-state index in [1.807, 2.05) is 0 Å². The molecular weight excluding hydrogens is 258 g/mol. The lowest BCUT2D eigenvalue weighted by Gasteiger charge is -2.22. The highest BCUT2D eigenvalue weighted by Gasteiger charge is 2.30. The summed E-state index contributed by atoms with van der Waals surface area (Å²) in [7, 11) is 0. The van der Waals surface area contributed by atoms with Crippen molar-refractivity contribution in [2.75, 3.05) is 24.5 Å². The number of hydrogen-bond donors (Lipinski definition) is 1. The molecule has 1 fully saturated rings. The zero-order chi connectivity index (χ0) is 15.3. The van der Waals surface area contributed by atoms with E-state index in [0.717, 1.165) is 39.0 Å². The van der Waals surface area contributed by atoms with Gasteiger partial charge in [0.05, 0.1) is 0 Å². The van der Waals surface area contributed by atoms with E-state index >= 15 is 0 Å². The fraction of sp³-hybridized carbons (Fsp3) is 0.722. The van der Waals surface area contributed by atoms with Crippen LogP contribution in [0.15, 0.2) is 12.1 Å². The Morgan fingerprint density at radius 2 is 2.05 bits per heavy atom. The van der Waals surface area contributed by atoms with Crippen LogP contribution in [0.2, 0.25) is 0 Å². The van der Waals surface area contributed by atoms with Gasteiger partial charge in [0.1, 0.15) is 5.82 Å². The van der Waals surface area contributed by atoms with E-state index in [1.54, 1.807) is 0 Å². The standard InChI is InChI=1S/C18H31N3/c1-5-7-16-11-15(13-19-9-6-2)12-17(20-16)21-10-8-18(3,4)14-21/h11-12,19H,5-10,13-14H2,1-4H3. The molecule has 0 saturated carbocycles. The molecule has 0 bridgehead atoms. The summed E-state index contributed by atoms with van der Waals surface area (Å²) in [6.45, 7) is 13.4. The molecule has 1 aromatic heterocycles. The van der Waals surface area contributed by atoms with Gasteiger partial charge in [0.25, 0.3) is 0 Å². The number of nitrogens with zero attached hydrogens (tertiary/aromatic N) is 2. The van der Waals surface area contributed by atoms with Crippen molar-refractivity contribution in [3.05, 3.63) is 23.4 Å². The van der Waals surface area contributed by atoms with E-state index in [1.165, 1.54) is 29.9 Å². The Hall–Kier alpha value is -1.09. The van der Waals surface area contributed by atoms with Crippen molar-refractivity contribution in [1.29, 1.82) is 0 Å². The predicted molar refractivity (Wildman–Crippen MR) is 90.8 cm³/mol. The van der Waals surface area contributed by atoms with Gasteiger partial charge in [-0.2, -0.15) is 0 Å². The second-order valence-electron chi connectivity index (χ2n) is 7.09. The van der Waals surface area contributed by atoms with Gasteiger partial charge in [0.2, 0.25) is 0 Å². The number of nitrogens with one attached hydrogen (secondary N) is 1. The molecule has 0 amide bonds. The summed E-state index contributed by atoms with van der Waals surface area (Å²) in [5, 5.41) is 3.51. The number of hydrogen-bond acceptors (Lipinski definition) is 3. The average Bonchev–Trinajstić information content (AvgIpc) is 2.80. The molecule has 1 saturated heterocycles. The van der Waals surface area contributed by atoms with Crippen LogP contribution >= 0.6 is 0 Å². The molecule has 1 N–H and O–H groups in total. The summed E-state index contributed by atoms with van der Waals surface area (Å²) in [6, 6.07) is 4.56. The first-order valence-electron chi connectivity index (χ1n) is 8.49. The molecule has 0 radical (unpaired) electrons. The lowest BCUT2D eigenvalue weighted by molar-refractivity contribution is 0.418. The summed E-state index contributed by atoms with van der Waals surface area (Å²) < 4.78 is 0. The van der Waals surface area contributed by atoms with Crippen molar-refractivity contribution in [2.45, 2.75) is 59.9 Å². The Labute approximate surface area is 130 Å². The van der Waals surface area contributed by atoms with Gasteiger partial charge in [-0.05, 0) is 48.9 Å². The molecule has 1 aliphatic heterocycles. The maximum atomic E-state index is 4.90. The largest absolute Gasteiger partial charge is 0.356 e. The summed E-state index contributed by atoms with van der Waals surface area (Å²) in [5.74, 6) is 1.18. The summed E-state index contributed by atoms with van der Waals surface area (Å²) in [6.07, 6.45) is 4.67. The smallest absolute Gasteiger partial charge is 0.129 e. The normalized spacial score (nSPS) is 17.4. The predicted octanol–water partition coefficient (Wildman–Crippen LogP) is 3.77. The van der Waals surface area contributed by atoms with Gasteiger partial charge in [0.15, 0.2) is 0 Å². The van der Waals surface area contributed by atoms with Gasteiger partial charge in [-0.3, -0.25) is 0 Å². The minimum absolute atomic E-state index is 0.420. The Morgan fingerprint density at radius 3 is 2.67 bits per heavy atom. The number of pyridine rings is 1. The van der Waals surface area contributed by atoms with Gasteiger partial charge < -0.3 is 10.2 Å². The third kappa shape index (κ3) is 4.70. The van der Waals surface area contributed by atoms with Gasteiger partial charge in [0, 0.05) is 25.3 Å². The van der Waals surface area contributed by atoms with Gasteiger partial charge >= 0.3 is 0 Å². The molecule has 1 aliphatic rings. The Kier molecular flexibility index (Phi) is 5.63. The number of anilines is 1. The van der Waals surface area contributed by atoms with E-state index in [4.69, 9.17) is 4.98 Å². The third-order valence-corrected chi connectivity index (χ3v) is 4.19. The molecule has 0 atom stereocenters. The summed E-state index contributed by atoms with van der Waals surface area (Å²) in [5.41, 5.74) is 3.04. The first kappa shape index (κ1) is 16.3. The zero-order valence-corrected chi connectivity index (χ0v) is 14.2. The summed E-state index contributed by atoms with van der Waals surface area (Å²) in [4.78, 5) is 7.36. The van der Waals surface area contributed by atoms with Crippen molar-refractivity contribution in [1.82, 2.24) is 10.3 Å². The second-order valence-corrected chi connectivity index (χ2v) is 7.09. The van der Waals surface area contributed by atoms with Crippen molar-refractivity contribution < 1.29 is 0 Å². The average molecular weight is 289 g/mol. The number of rotatable bonds is 7. The monoisotopic (exact) mass is 289 g/mol. The molecule has 0 aromatic carbocycles. The SMILES string of the molecule is CCCNCc1cc(CCC)nc(N2CCC(C)(C)C2)c1. The molecule has 0 spiro atoms. The maximum Gasteiger partial charge on any atom is 0.129 e. The maximum absolute atomic E-state index is 4.90. The van der Waals surface area contributed by atoms with E-state index in [9.17, 15) is 0 Å². The second kappa shape index (κ2) is 7.26. The fourth-order valence-electron chi connectivity index (χ4n) is 3.00. The first-order chi connectivity index (χ1) is 10.0. The van der Waals surface area contributed by atoms with Crippen LogP contribution in [-0.2, 0) is 13.0 Å². The molecule has 2 heterocycles. The van der Waals surface area contributed by atoms with Crippen LogP contribution in [-0.4, -0.2) is 24.6 Å². The minimum Gasteiger partial charge on any atom is -0.356 e. The minimum atomic E-state index is 0.420. The molecule has 1 aromatic rings. The van der Waals surface area contributed by atoms with Crippen LogP contribution in [0.3, 0.4) is 0 Å². The van der Waals surface area contributed by atoms with Crippen LogP contribution in [0, 0.1) is 5.41 Å². The van der Waals surface area contributed by atoms with E-state index in [0.29, 0.717) is 5.41 Å². The zero-order valence-electron chi connectivity index (χ0n) is 14.2. The van der Waals surface area contributed by atoms with Crippen LogP contribution in [0.4, 0.5) is 5.82 Å². The lowest BCUT2D eigenvalue weighted by Crippen LogP contribution is -2.24. The molecule has 118 valence electrons. The highest BCUT2D eigenvalue weighted by molar-refractivity contribution is 5.44. The van der Waals surface area contributed by atoms with Crippen molar-refractivity contribution in [3.8, 4) is 0 Å². The van der Waals surface area contributed by atoms with E-state index < -0.39 is 0 Å². The van der Waals surface area contributed by atoms with Crippen LogP contribution < -0.4 is 10.2 Å². The number of aromatic nitrogens is 1. The van der Waals surface area contributed by atoms with Gasteiger partial charge in [-0.1, -0.05) is 34.1 Å². The Morgan fingerprint density at radius 1 is 1.24 bits per heavy atom. The van der Waals surface area contributed by atoms with E-state index in [-0.39, 0.29) is 0 Å². The highest BCUT2D eigenvalue weighted by atomic mass is 15.2. The van der Waals surface area contributed by atoms with Crippen molar-refractivity contribution >= 4 is 5.82 Å². The van der Waals surface area contributed by atoms with Gasteiger partial charge in [-0.15, -0.1) is 0 Å². The van der Waals surface area contributed by atoms with Crippen molar-refractivity contribution in [3.63, 3.8) is 0 Å². The molecule has 21 heavy (non-hydrogen) atoms.